The molecule has 0 bridgehead atoms. The normalized spacial score (nSPS) is 11.9. The Hall–Kier alpha value is -6.10. The molecule has 0 aliphatic carbocycles. The monoisotopic (exact) mass is 714 g/mol. The van der Waals surface area contributed by atoms with Gasteiger partial charge in [-0.05, 0) is 0 Å². The Morgan fingerprint density at radius 2 is 0.627 bits per heavy atom. The number of para-hydroxylation sites is 4. The zero-order valence-electron chi connectivity index (χ0n) is 27.8. The van der Waals surface area contributed by atoms with Gasteiger partial charge in [0.1, 0.15) is 0 Å². The van der Waals surface area contributed by atoms with Crippen molar-refractivity contribution in [1.29, 1.82) is 0 Å². The van der Waals surface area contributed by atoms with Crippen molar-refractivity contribution in [3.05, 3.63) is 194 Å². The molecule has 8 aromatic carbocycles. The van der Waals surface area contributed by atoms with Crippen LogP contribution in [-0.4, -0.2) is 13.3 Å². The third-order valence-electron chi connectivity index (χ3n) is 10.5. The summed E-state index contributed by atoms with van der Waals surface area (Å²) in [4.78, 5) is 0. The average molecular weight is 713 g/mol. The van der Waals surface area contributed by atoms with E-state index in [2.05, 4.69) is 182 Å². The minimum absolute atomic E-state index is 0.903. The topological polar surface area (TPSA) is 26.3 Å². The Labute approximate surface area is 298 Å². The van der Waals surface area contributed by atoms with Gasteiger partial charge in [0.2, 0.25) is 0 Å². The molecule has 10 aromatic rings. The Bertz CT molecular complexity index is 2670. The van der Waals surface area contributed by atoms with Gasteiger partial charge in [0.05, 0.1) is 0 Å². The van der Waals surface area contributed by atoms with Crippen molar-refractivity contribution in [1.82, 2.24) is 0 Å². The van der Waals surface area contributed by atoms with Crippen molar-refractivity contribution in [2.24, 2.45) is 0 Å². The van der Waals surface area contributed by atoms with Gasteiger partial charge in [0.25, 0.3) is 0 Å². The third kappa shape index (κ3) is 4.57. The summed E-state index contributed by atoms with van der Waals surface area (Å²) in [6.45, 7) is 0. The number of rotatable bonds is 6. The molecule has 0 atom stereocenters. The number of fused-ring (bicyclic) bond motifs is 6. The van der Waals surface area contributed by atoms with Crippen molar-refractivity contribution in [3.63, 3.8) is 0 Å². The van der Waals surface area contributed by atoms with Gasteiger partial charge in [-0.25, -0.2) is 0 Å². The van der Waals surface area contributed by atoms with Gasteiger partial charge in [-0.2, -0.15) is 0 Å². The van der Waals surface area contributed by atoms with Crippen LogP contribution in [0.5, 0.6) is 0 Å². The van der Waals surface area contributed by atoms with Crippen LogP contribution in [0.25, 0.3) is 66.1 Å². The maximum absolute atomic E-state index is 6.70. The molecule has 240 valence electrons. The van der Waals surface area contributed by atoms with E-state index in [1.54, 1.807) is 0 Å². The van der Waals surface area contributed by atoms with Crippen LogP contribution in [0, 0.1) is 0 Å². The molecule has 3 heteroatoms. The molecule has 2 aromatic heterocycles. The van der Waals surface area contributed by atoms with E-state index < -0.39 is 13.3 Å². The van der Waals surface area contributed by atoms with Crippen LogP contribution in [0.1, 0.15) is 0 Å². The summed E-state index contributed by atoms with van der Waals surface area (Å²) in [5.74, 6) is 0. The number of hydrogen-bond donors (Lipinski definition) is 0. The molecule has 51 heavy (non-hydrogen) atoms. The van der Waals surface area contributed by atoms with Crippen LogP contribution in [-0.2, 0) is 0 Å². The van der Waals surface area contributed by atoms with Crippen molar-refractivity contribution in [2.75, 3.05) is 0 Å². The van der Waals surface area contributed by atoms with Crippen LogP contribution in [0.4, 0.5) is 0 Å². The summed E-state index contributed by atoms with van der Waals surface area (Å²) in [5.41, 5.74) is 8.27. The number of benzene rings is 8. The van der Waals surface area contributed by atoms with Crippen molar-refractivity contribution in [2.45, 2.75) is 0 Å². The molecule has 0 spiro atoms. The second-order valence-corrected chi connectivity index (χ2v) is 21.0. The fourth-order valence-corrected chi connectivity index (χ4v) is 19.2. The number of hydrogen-bond acceptors (Lipinski definition) is 2. The van der Waals surface area contributed by atoms with E-state index in [0.717, 1.165) is 55.0 Å². The summed E-state index contributed by atoms with van der Waals surface area (Å²) in [5, 5.41) is 4.53. The molecular weight excluding hydrogens is 681 g/mol. The molecule has 10 rings (SSSR count). The summed E-state index contributed by atoms with van der Waals surface area (Å²) in [6, 6.07) is 70.5. The van der Waals surface area contributed by atoms with E-state index in [-0.39, 0.29) is 0 Å². The van der Waals surface area contributed by atoms with Gasteiger partial charge in [0.15, 0.2) is 0 Å². The maximum atomic E-state index is 6.70. The van der Waals surface area contributed by atoms with Crippen LogP contribution in [0.3, 0.4) is 0 Å². The van der Waals surface area contributed by atoms with Crippen LogP contribution in [0.15, 0.2) is 203 Å². The van der Waals surface area contributed by atoms with Crippen molar-refractivity contribution >= 4 is 74.7 Å². The molecule has 0 saturated heterocycles. The minimum atomic E-state index is -3.91. The second-order valence-electron chi connectivity index (χ2n) is 13.1. The molecule has 0 aliphatic rings. The molecule has 0 fully saturated rings. The summed E-state index contributed by atoms with van der Waals surface area (Å²) in [6.07, 6.45) is 0. The van der Waals surface area contributed by atoms with Crippen molar-refractivity contribution < 1.29 is 8.83 Å². The van der Waals surface area contributed by atoms with Crippen LogP contribution in [0.2, 0.25) is 0 Å². The Kier molecular flexibility index (Phi) is 7.04. The molecule has 2 heterocycles. The average Bonchev–Trinajstić information content (AvgIpc) is 3.78. The van der Waals surface area contributed by atoms with Gasteiger partial charge >= 0.3 is 300 Å². The first-order valence-electron chi connectivity index (χ1n) is 17.4. The van der Waals surface area contributed by atoms with Crippen molar-refractivity contribution in [3.8, 4) is 22.3 Å². The van der Waals surface area contributed by atoms with Gasteiger partial charge in [-0.15, -0.1) is 0 Å². The van der Waals surface area contributed by atoms with E-state index in [9.17, 15) is 0 Å². The second kappa shape index (κ2) is 12.0. The van der Waals surface area contributed by atoms with Gasteiger partial charge in [0, 0.05) is 0 Å². The standard InChI is InChI=1S/C48H32GeO2/c1-3-17-33(18-4-1)49(34-19-5-2-6-20-34,43-29-11-7-21-35(43)39-25-15-27-41-37-23-9-13-31-45(37)50-47(39)41)44-30-12-8-22-36(44)40-26-16-28-42-38-24-10-14-32-46(38)51-48(40)42/h1-32H. The van der Waals surface area contributed by atoms with Gasteiger partial charge in [-0.3, -0.25) is 0 Å². The zero-order chi connectivity index (χ0) is 33.8. The van der Waals surface area contributed by atoms with E-state index >= 15 is 0 Å². The third-order valence-corrected chi connectivity index (χ3v) is 20.7. The zero-order valence-corrected chi connectivity index (χ0v) is 29.9. The Morgan fingerprint density at radius 1 is 0.275 bits per heavy atom. The molecule has 2 nitrogen and oxygen atoms in total. The first-order chi connectivity index (χ1) is 25.3. The van der Waals surface area contributed by atoms with E-state index in [4.69, 9.17) is 8.83 Å². The van der Waals surface area contributed by atoms with Gasteiger partial charge in [-0.1, -0.05) is 0 Å². The fraction of sp³-hybridized carbons (Fsp3) is 0. The summed E-state index contributed by atoms with van der Waals surface area (Å²) in [7, 11) is 0. The molecular formula is C48H32GeO2. The predicted octanol–water partition coefficient (Wildman–Crippen LogP) is 10.2. The molecule has 0 aliphatic heterocycles. The molecule has 0 amide bonds. The molecule has 0 radical (unpaired) electrons. The van der Waals surface area contributed by atoms with E-state index in [1.165, 1.54) is 28.7 Å². The summed E-state index contributed by atoms with van der Waals surface area (Å²) >= 11 is -3.91. The molecule has 0 unspecified atom stereocenters. The SMILES string of the molecule is c1cc[c]([Ge]([c]2ccccc2)([c]2ccccc2-c2cccc3c2oc2ccccc23)[c]2ccccc2-c2cccc3c2oc2ccccc23)cc1. The van der Waals surface area contributed by atoms with Gasteiger partial charge < -0.3 is 0 Å². The summed E-state index contributed by atoms with van der Waals surface area (Å²) < 4.78 is 18.8. The first kappa shape index (κ1) is 29.8. The quantitative estimate of drug-likeness (QED) is 0.161. The van der Waals surface area contributed by atoms with Crippen LogP contribution >= 0.6 is 0 Å². The Balaban J connectivity index is 1.35. The fourth-order valence-electron chi connectivity index (χ4n) is 8.32. The molecule has 0 N–H and O–H groups in total. The Morgan fingerprint density at radius 3 is 1.10 bits per heavy atom. The number of furan rings is 2. The first-order valence-corrected chi connectivity index (χ1v) is 21.6. The van der Waals surface area contributed by atoms with E-state index in [1.807, 2.05) is 12.1 Å². The van der Waals surface area contributed by atoms with Crippen LogP contribution < -0.4 is 17.6 Å². The molecule has 0 saturated carbocycles. The predicted molar refractivity (Wildman–Crippen MR) is 215 cm³/mol. The van der Waals surface area contributed by atoms with E-state index in [0.29, 0.717) is 0 Å².